The average Bonchev–Trinajstić information content (AvgIpc) is 3.45. The van der Waals surface area contributed by atoms with Gasteiger partial charge in [0.25, 0.3) is 0 Å². The maximum absolute atomic E-state index is 13.0. The van der Waals surface area contributed by atoms with Crippen LogP contribution >= 0.6 is 11.3 Å². The van der Waals surface area contributed by atoms with Gasteiger partial charge in [-0.25, -0.2) is 17.9 Å². The summed E-state index contributed by atoms with van der Waals surface area (Å²) < 4.78 is 112. The first-order valence-corrected chi connectivity index (χ1v) is 14.7. The minimum absolute atomic E-state index is 0.0199. The van der Waals surface area contributed by atoms with Crippen molar-refractivity contribution in [2.24, 2.45) is 0 Å². The molecule has 3 N–H and O–H groups in total. The topological polar surface area (TPSA) is 96.5 Å². The molecular formula is C28H23F6N3O4S2. The molecule has 0 fully saturated rings. The largest absolute Gasteiger partial charge is 0.488 e. The van der Waals surface area contributed by atoms with E-state index >= 15 is 0 Å². The van der Waals surface area contributed by atoms with Crippen molar-refractivity contribution in [2.75, 3.05) is 18.4 Å². The van der Waals surface area contributed by atoms with Crippen LogP contribution in [0, 0.1) is 0 Å². The fourth-order valence-corrected chi connectivity index (χ4v) is 6.19. The van der Waals surface area contributed by atoms with Gasteiger partial charge in [0.1, 0.15) is 16.6 Å². The van der Waals surface area contributed by atoms with E-state index in [2.05, 4.69) is 10.0 Å². The van der Waals surface area contributed by atoms with Crippen LogP contribution < -0.4 is 20.1 Å². The van der Waals surface area contributed by atoms with Gasteiger partial charge in [-0.2, -0.15) is 26.3 Å². The fraction of sp³-hybridized carbons (Fsp3) is 0.179. The molecule has 0 spiro atoms. The molecule has 0 aliphatic carbocycles. The highest BCUT2D eigenvalue weighted by Gasteiger charge is 2.37. The maximum Gasteiger partial charge on any atom is 0.416 e. The molecule has 0 saturated heterocycles. The number of amides is 2. The smallest absolute Gasteiger partial charge is 0.416 e. The van der Waals surface area contributed by atoms with E-state index in [1.54, 1.807) is 30.3 Å². The third-order valence-electron chi connectivity index (χ3n) is 5.78. The number of urea groups is 1. The minimum Gasteiger partial charge on any atom is -0.488 e. The predicted molar refractivity (Wildman–Crippen MR) is 149 cm³/mol. The second kappa shape index (κ2) is 13.1. The van der Waals surface area contributed by atoms with Gasteiger partial charge >= 0.3 is 18.4 Å². The van der Waals surface area contributed by atoms with E-state index in [1.807, 2.05) is 35.6 Å². The SMILES string of the molecule is O=C(NCCNS(=O)(=O)c1ccc(-c2ccccc2OCc2ccccc2)s1)Nc1cc(C(F)(F)F)cc(C(F)(F)F)c1. The molecule has 1 heterocycles. The molecule has 7 nitrogen and oxygen atoms in total. The van der Waals surface area contributed by atoms with Gasteiger partial charge in [0.2, 0.25) is 10.0 Å². The second-order valence-electron chi connectivity index (χ2n) is 8.96. The van der Waals surface area contributed by atoms with Crippen molar-refractivity contribution in [3.63, 3.8) is 0 Å². The van der Waals surface area contributed by atoms with Gasteiger partial charge < -0.3 is 15.4 Å². The number of halogens is 6. The van der Waals surface area contributed by atoms with Gasteiger partial charge in [-0.3, -0.25) is 0 Å². The van der Waals surface area contributed by atoms with Crippen LogP contribution in [0.1, 0.15) is 16.7 Å². The Kier molecular flexibility index (Phi) is 9.67. The van der Waals surface area contributed by atoms with Crippen LogP contribution in [0.2, 0.25) is 0 Å². The summed E-state index contributed by atoms with van der Waals surface area (Å²) in [7, 11) is -4.01. The van der Waals surface area contributed by atoms with Crippen LogP contribution in [0.4, 0.5) is 36.8 Å². The zero-order chi connectivity index (χ0) is 31.3. The highest BCUT2D eigenvalue weighted by atomic mass is 32.2. The Morgan fingerprint density at radius 3 is 2.07 bits per heavy atom. The molecule has 0 aliphatic rings. The van der Waals surface area contributed by atoms with Crippen LogP contribution in [-0.4, -0.2) is 27.5 Å². The van der Waals surface area contributed by atoms with Crippen molar-refractivity contribution >= 4 is 33.1 Å². The maximum atomic E-state index is 13.0. The molecule has 2 amide bonds. The highest BCUT2D eigenvalue weighted by Crippen LogP contribution is 2.38. The lowest BCUT2D eigenvalue weighted by atomic mass is 10.1. The molecule has 15 heteroatoms. The minimum atomic E-state index is -5.08. The van der Waals surface area contributed by atoms with E-state index in [4.69, 9.17) is 4.74 Å². The van der Waals surface area contributed by atoms with Crippen LogP contribution in [0.3, 0.4) is 0 Å². The summed E-state index contributed by atoms with van der Waals surface area (Å²) >= 11 is 0.987. The summed E-state index contributed by atoms with van der Waals surface area (Å²) in [5, 5.41) is 4.09. The quantitative estimate of drug-likeness (QED) is 0.127. The van der Waals surface area contributed by atoms with Crippen molar-refractivity contribution in [1.82, 2.24) is 10.0 Å². The summed E-state index contributed by atoms with van der Waals surface area (Å²) in [5.41, 5.74) is -2.28. The van der Waals surface area contributed by atoms with Gasteiger partial charge in [-0.05, 0) is 48.0 Å². The molecule has 3 aromatic carbocycles. The Morgan fingerprint density at radius 1 is 0.791 bits per heavy atom. The number of para-hydroxylation sites is 1. The third-order valence-corrected chi connectivity index (χ3v) is 8.86. The lowest BCUT2D eigenvalue weighted by Crippen LogP contribution is -2.36. The standard InChI is InChI=1S/C28H23F6N3O4S2/c29-27(30,31)19-14-20(28(32,33)34)16-21(15-19)37-26(38)35-12-13-36-43(39,40)25-11-10-24(42-25)22-8-4-5-9-23(22)41-17-18-6-2-1-3-7-18/h1-11,14-16,36H,12-13,17H2,(H2,35,37,38). The summed E-state index contributed by atoms with van der Waals surface area (Å²) in [6, 6.07) is 19.2. The van der Waals surface area contributed by atoms with Crippen LogP contribution in [-0.2, 0) is 29.0 Å². The Balaban J connectivity index is 1.34. The number of hydrogen-bond donors (Lipinski definition) is 3. The number of rotatable bonds is 10. The lowest BCUT2D eigenvalue weighted by Gasteiger charge is -2.15. The highest BCUT2D eigenvalue weighted by molar-refractivity contribution is 7.91. The molecule has 228 valence electrons. The monoisotopic (exact) mass is 643 g/mol. The summed E-state index contributed by atoms with van der Waals surface area (Å²) in [5.74, 6) is 0.559. The van der Waals surface area contributed by atoms with Crippen LogP contribution in [0.5, 0.6) is 5.75 Å². The Hall–Kier alpha value is -4.08. The first kappa shape index (κ1) is 31.8. The Labute approximate surface area is 246 Å². The zero-order valence-electron chi connectivity index (χ0n) is 21.9. The van der Waals surface area contributed by atoms with Gasteiger partial charge in [0, 0.05) is 29.2 Å². The third kappa shape index (κ3) is 8.72. The second-order valence-corrected chi connectivity index (χ2v) is 12.0. The summed E-state index contributed by atoms with van der Waals surface area (Å²) in [4.78, 5) is 12.7. The normalized spacial score (nSPS) is 12.1. The van der Waals surface area contributed by atoms with Crippen molar-refractivity contribution in [3.8, 4) is 16.2 Å². The summed E-state index contributed by atoms with van der Waals surface area (Å²) in [6.07, 6.45) is -10.2. The van der Waals surface area contributed by atoms with E-state index in [-0.39, 0.29) is 23.4 Å². The van der Waals surface area contributed by atoms with Crippen LogP contribution in [0.15, 0.2) is 89.1 Å². The van der Waals surface area contributed by atoms with Gasteiger partial charge in [0.05, 0.1) is 11.1 Å². The number of nitrogens with one attached hydrogen (secondary N) is 3. The molecule has 0 aliphatic heterocycles. The number of thiophene rings is 1. The van der Waals surface area contributed by atoms with Crippen LogP contribution in [0.25, 0.3) is 10.4 Å². The van der Waals surface area contributed by atoms with Gasteiger partial charge in [-0.15, -0.1) is 11.3 Å². The number of alkyl halides is 6. The number of carbonyl (C=O) groups excluding carboxylic acids is 1. The zero-order valence-corrected chi connectivity index (χ0v) is 23.6. The van der Waals surface area contributed by atoms with E-state index in [9.17, 15) is 39.6 Å². The molecule has 0 saturated carbocycles. The fourth-order valence-electron chi connectivity index (χ4n) is 3.78. The molecule has 1 aromatic heterocycles. The Morgan fingerprint density at radius 2 is 1.42 bits per heavy atom. The summed E-state index contributed by atoms with van der Waals surface area (Å²) in [6.45, 7) is -0.311. The molecule has 43 heavy (non-hydrogen) atoms. The van der Waals surface area contributed by atoms with Crippen molar-refractivity contribution < 1.29 is 44.3 Å². The predicted octanol–water partition coefficient (Wildman–Crippen LogP) is 7.13. The van der Waals surface area contributed by atoms with E-state index < -0.39 is 45.2 Å². The molecule has 0 unspecified atom stereocenters. The first-order chi connectivity index (χ1) is 20.2. The number of sulfonamides is 1. The van der Waals surface area contributed by atoms with Gasteiger partial charge in [0.15, 0.2) is 0 Å². The molecule has 4 rings (SSSR count). The number of carbonyl (C=O) groups is 1. The number of benzene rings is 3. The van der Waals surface area contributed by atoms with E-state index in [0.717, 1.165) is 16.9 Å². The first-order valence-electron chi connectivity index (χ1n) is 12.4. The Bertz CT molecular complexity index is 1640. The molecule has 4 aromatic rings. The van der Waals surface area contributed by atoms with Crippen molar-refractivity contribution in [3.05, 3.63) is 102 Å². The number of anilines is 1. The molecule has 0 radical (unpaired) electrons. The average molecular weight is 644 g/mol. The van der Waals surface area contributed by atoms with Crippen molar-refractivity contribution in [2.45, 2.75) is 23.2 Å². The van der Waals surface area contributed by atoms with E-state index in [1.165, 1.54) is 6.07 Å². The van der Waals surface area contributed by atoms with Gasteiger partial charge in [-0.1, -0.05) is 42.5 Å². The molecule has 0 atom stereocenters. The number of hydrogen-bond acceptors (Lipinski definition) is 5. The van der Waals surface area contributed by atoms with E-state index in [0.29, 0.717) is 34.9 Å². The van der Waals surface area contributed by atoms with Crippen molar-refractivity contribution in [1.29, 1.82) is 0 Å². The lowest BCUT2D eigenvalue weighted by molar-refractivity contribution is -0.143. The molecular weight excluding hydrogens is 620 g/mol. The number of ether oxygens (including phenoxy) is 1. The molecule has 0 bridgehead atoms.